The van der Waals surface area contributed by atoms with Crippen LogP contribution < -0.4 is 0 Å². The molecule has 0 N–H and O–H groups in total. The minimum absolute atomic E-state index is 0.658. The Kier molecular flexibility index (Phi) is 5.44. The summed E-state index contributed by atoms with van der Waals surface area (Å²) in [6.07, 6.45) is 7.60. The summed E-state index contributed by atoms with van der Waals surface area (Å²) in [6, 6.07) is 0. The Morgan fingerprint density at radius 3 is 2.33 bits per heavy atom. The molecule has 0 heterocycles. The summed E-state index contributed by atoms with van der Waals surface area (Å²) in [5.41, 5.74) is 2.51. The second-order valence-corrected chi connectivity index (χ2v) is 3.28. The highest BCUT2D eigenvalue weighted by Crippen LogP contribution is 2.15. The van der Waals surface area contributed by atoms with E-state index < -0.39 is 0 Å². The van der Waals surface area contributed by atoms with Gasteiger partial charge in [0, 0.05) is 0 Å². The van der Waals surface area contributed by atoms with Crippen LogP contribution >= 0.6 is 0 Å². The van der Waals surface area contributed by atoms with Gasteiger partial charge in [0.15, 0.2) is 0 Å². The molecule has 68 valence electrons. The van der Waals surface area contributed by atoms with Crippen LogP contribution in [0.5, 0.6) is 0 Å². The number of allylic oxidation sites excluding steroid dienone is 5. The van der Waals surface area contributed by atoms with Crippen molar-refractivity contribution in [1.82, 2.24) is 0 Å². The molecule has 1 unspecified atom stereocenters. The van der Waals surface area contributed by atoms with Crippen LogP contribution in [0.3, 0.4) is 0 Å². The van der Waals surface area contributed by atoms with Crippen LogP contribution in [0.25, 0.3) is 0 Å². The summed E-state index contributed by atoms with van der Waals surface area (Å²) in [5, 5.41) is 0. The summed E-state index contributed by atoms with van der Waals surface area (Å²) in [6.45, 7) is 12.4. The summed E-state index contributed by atoms with van der Waals surface area (Å²) in [5.74, 6) is 0.658. The highest BCUT2D eigenvalue weighted by molar-refractivity contribution is 5.26. The van der Waals surface area contributed by atoms with Crippen LogP contribution in [0.15, 0.2) is 36.0 Å². The van der Waals surface area contributed by atoms with Gasteiger partial charge in [-0.05, 0) is 31.8 Å². The van der Waals surface area contributed by atoms with Crippen LogP contribution in [0.4, 0.5) is 0 Å². The van der Waals surface area contributed by atoms with E-state index in [0.29, 0.717) is 5.92 Å². The molecule has 0 heteroatoms. The average Bonchev–Trinajstić information content (AvgIpc) is 2.04. The van der Waals surface area contributed by atoms with Crippen molar-refractivity contribution in [1.29, 1.82) is 0 Å². The Morgan fingerprint density at radius 1 is 1.42 bits per heavy atom. The Balaban J connectivity index is 4.29. The first-order valence-electron chi connectivity index (χ1n) is 4.61. The van der Waals surface area contributed by atoms with Crippen molar-refractivity contribution >= 4 is 0 Å². The summed E-state index contributed by atoms with van der Waals surface area (Å²) in [7, 11) is 0. The Morgan fingerprint density at radius 2 is 2.00 bits per heavy atom. The fourth-order valence-corrected chi connectivity index (χ4v) is 1.02. The van der Waals surface area contributed by atoms with Crippen molar-refractivity contribution in [2.75, 3.05) is 0 Å². The van der Waals surface area contributed by atoms with Gasteiger partial charge in [0.2, 0.25) is 0 Å². The van der Waals surface area contributed by atoms with Crippen LogP contribution in [0.2, 0.25) is 0 Å². The topological polar surface area (TPSA) is 0 Å². The molecule has 0 aliphatic rings. The quantitative estimate of drug-likeness (QED) is 0.548. The molecular weight excluding hydrogens is 144 g/mol. The van der Waals surface area contributed by atoms with Crippen molar-refractivity contribution in [2.24, 2.45) is 5.92 Å². The van der Waals surface area contributed by atoms with Gasteiger partial charge in [0.05, 0.1) is 0 Å². The highest BCUT2D eigenvalue weighted by atomic mass is 14.1. The molecule has 0 fully saturated rings. The summed E-state index contributed by atoms with van der Waals surface area (Å²) in [4.78, 5) is 0. The monoisotopic (exact) mass is 164 g/mol. The van der Waals surface area contributed by atoms with Crippen molar-refractivity contribution in [3.05, 3.63) is 36.0 Å². The molecule has 12 heavy (non-hydrogen) atoms. The first-order chi connectivity index (χ1) is 5.61. The third-order valence-electron chi connectivity index (χ3n) is 2.08. The molecule has 0 saturated carbocycles. The molecule has 0 radical (unpaired) electrons. The zero-order valence-electron chi connectivity index (χ0n) is 8.72. The van der Waals surface area contributed by atoms with E-state index in [1.54, 1.807) is 0 Å². The lowest BCUT2D eigenvalue weighted by molar-refractivity contribution is 0.669. The van der Waals surface area contributed by atoms with Gasteiger partial charge in [0.25, 0.3) is 0 Å². The number of rotatable bonds is 4. The van der Waals surface area contributed by atoms with Gasteiger partial charge in [-0.15, -0.1) is 0 Å². The maximum atomic E-state index is 3.83. The van der Waals surface area contributed by atoms with E-state index >= 15 is 0 Å². The van der Waals surface area contributed by atoms with Gasteiger partial charge in [-0.1, -0.05) is 44.2 Å². The fourth-order valence-electron chi connectivity index (χ4n) is 1.02. The lowest BCUT2D eigenvalue weighted by Crippen LogP contribution is -1.94. The second-order valence-electron chi connectivity index (χ2n) is 3.28. The number of hydrogen-bond donors (Lipinski definition) is 0. The molecule has 0 rings (SSSR count). The van der Waals surface area contributed by atoms with Gasteiger partial charge in [0.1, 0.15) is 0 Å². The molecule has 0 nitrogen and oxygen atoms in total. The third kappa shape index (κ3) is 4.17. The van der Waals surface area contributed by atoms with E-state index in [2.05, 4.69) is 45.6 Å². The van der Waals surface area contributed by atoms with E-state index in [4.69, 9.17) is 0 Å². The summed E-state index contributed by atoms with van der Waals surface area (Å²) >= 11 is 0. The van der Waals surface area contributed by atoms with Crippen LogP contribution in [-0.4, -0.2) is 0 Å². The van der Waals surface area contributed by atoms with Crippen LogP contribution in [0.1, 0.15) is 34.1 Å². The Hall–Kier alpha value is -0.780. The largest absolute Gasteiger partial charge is 0.0961 e. The Labute approximate surface area is 76.7 Å². The normalized spacial score (nSPS) is 15.2. The van der Waals surface area contributed by atoms with Crippen molar-refractivity contribution < 1.29 is 0 Å². The van der Waals surface area contributed by atoms with Gasteiger partial charge in [-0.25, -0.2) is 0 Å². The predicted octanol–water partition coefficient (Wildman–Crippen LogP) is 4.11. The van der Waals surface area contributed by atoms with E-state index in [1.165, 1.54) is 12.0 Å². The fraction of sp³-hybridized carbons (Fsp3) is 0.500. The van der Waals surface area contributed by atoms with Crippen molar-refractivity contribution in [3.63, 3.8) is 0 Å². The molecule has 0 aromatic carbocycles. The van der Waals surface area contributed by atoms with Crippen molar-refractivity contribution in [2.45, 2.75) is 34.1 Å². The van der Waals surface area contributed by atoms with Gasteiger partial charge >= 0.3 is 0 Å². The molecule has 0 aliphatic heterocycles. The lowest BCUT2D eigenvalue weighted by Gasteiger charge is -2.08. The number of hydrogen-bond acceptors (Lipinski definition) is 0. The summed E-state index contributed by atoms with van der Waals surface area (Å²) < 4.78 is 0. The van der Waals surface area contributed by atoms with Crippen LogP contribution in [-0.2, 0) is 0 Å². The van der Waals surface area contributed by atoms with Gasteiger partial charge in [-0.2, -0.15) is 0 Å². The maximum Gasteiger partial charge on any atom is -0.0196 e. The van der Waals surface area contributed by atoms with Gasteiger partial charge in [-0.3, -0.25) is 0 Å². The molecule has 0 aromatic rings. The van der Waals surface area contributed by atoms with Gasteiger partial charge < -0.3 is 0 Å². The zero-order valence-corrected chi connectivity index (χ0v) is 8.72. The van der Waals surface area contributed by atoms with Crippen molar-refractivity contribution in [3.8, 4) is 0 Å². The minimum atomic E-state index is 0.658. The minimum Gasteiger partial charge on any atom is -0.0961 e. The lowest BCUT2D eigenvalue weighted by atomic mass is 9.97. The molecule has 0 aromatic heterocycles. The molecule has 0 aliphatic carbocycles. The molecule has 0 saturated heterocycles. The standard InChI is InChI=1S/C12H20/c1-6-11(5)12(7-2)9-8-10(3)4/h7-9,11H,3,6H2,1-2,4-5H3/b9-8-,12-7+. The van der Waals surface area contributed by atoms with E-state index in [9.17, 15) is 0 Å². The zero-order chi connectivity index (χ0) is 9.56. The first-order valence-corrected chi connectivity index (χ1v) is 4.61. The Bertz CT molecular complexity index is 194. The second kappa shape index (κ2) is 5.82. The van der Waals surface area contributed by atoms with E-state index in [1.807, 2.05) is 6.92 Å². The SMILES string of the molecule is C=C(C)/C=C\C(=C/C)C(C)CC. The van der Waals surface area contributed by atoms with E-state index in [0.717, 1.165) is 5.57 Å². The van der Waals surface area contributed by atoms with Crippen LogP contribution in [0, 0.1) is 5.92 Å². The molecule has 0 amide bonds. The van der Waals surface area contributed by atoms with E-state index in [-0.39, 0.29) is 0 Å². The first kappa shape index (κ1) is 11.2. The predicted molar refractivity (Wildman–Crippen MR) is 57.2 cm³/mol. The smallest absolute Gasteiger partial charge is 0.0196 e. The molecule has 0 bridgehead atoms. The molecular formula is C12H20. The molecule has 0 spiro atoms. The molecule has 1 atom stereocenters. The third-order valence-corrected chi connectivity index (χ3v) is 2.08. The highest BCUT2D eigenvalue weighted by Gasteiger charge is 2.00. The average molecular weight is 164 g/mol. The maximum absolute atomic E-state index is 3.83.